The zero-order chi connectivity index (χ0) is 25.2. The van der Waals surface area contributed by atoms with Crippen LogP contribution in [0.15, 0.2) is 0 Å². The summed E-state index contributed by atoms with van der Waals surface area (Å²) in [4.78, 5) is 0. The van der Waals surface area contributed by atoms with E-state index >= 15 is 0 Å². The summed E-state index contributed by atoms with van der Waals surface area (Å²) in [6.07, 6.45) is -15.6. The molecule has 1 N–H and O–H groups in total. The first-order valence-corrected chi connectivity index (χ1v) is 7.77. The molecule has 1 nitrogen and oxygen atoms in total. The van der Waals surface area contributed by atoms with Crippen LogP contribution in [-0.4, -0.2) is 57.6 Å². The SMILES string of the molecule is OCS(F)(C(F)(F)C(F)(F)F)C(F)(F)C(F)(F)C(F)(F)C(F)(F)C(F)(F)C(F)(F)F. The van der Waals surface area contributed by atoms with Gasteiger partial charge in [0.2, 0.25) is 0 Å². The maximum absolute atomic E-state index is 13.7. The largest absolute Gasteiger partial charge is 0.465 e. The molecule has 0 bridgehead atoms. The molecule has 0 saturated heterocycles. The second-order valence-corrected chi connectivity index (χ2v) is 7.70. The molecule has 0 aromatic heterocycles. The van der Waals surface area contributed by atoms with Crippen LogP contribution in [0.2, 0.25) is 0 Å². The summed E-state index contributed by atoms with van der Waals surface area (Å²) >= 11 is 0. The Hall–Kier alpha value is -1.02. The van der Waals surface area contributed by atoms with E-state index in [1.807, 2.05) is 0 Å². The van der Waals surface area contributed by atoms with Crippen molar-refractivity contribution in [3.8, 4) is 0 Å². The fraction of sp³-hybridized carbons (Fsp3) is 1.00. The second-order valence-electron chi connectivity index (χ2n) is 5.11. The number of hydrogen-bond acceptors (Lipinski definition) is 1. The summed E-state index contributed by atoms with van der Waals surface area (Å²) in [5, 5.41) is -8.25. The van der Waals surface area contributed by atoms with E-state index in [4.69, 9.17) is 5.11 Å². The Labute approximate surface area is 152 Å². The van der Waals surface area contributed by atoms with E-state index in [0.29, 0.717) is 0 Å². The molecule has 0 rings (SSSR count). The van der Waals surface area contributed by atoms with E-state index in [-0.39, 0.29) is 0 Å². The number of aliphatic hydroxyl groups is 1. The Bertz CT molecular complexity index is 631. The predicted molar refractivity (Wildman–Crippen MR) is 57.6 cm³/mol. The van der Waals surface area contributed by atoms with Crippen molar-refractivity contribution in [2.24, 2.45) is 0 Å². The van der Waals surface area contributed by atoms with Crippen molar-refractivity contribution in [2.75, 3.05) is 5.94 Å². The minimum Gasteiger partial charge on any atom is -0.384 e. The van der Waals surface area contributed by atoms with Crippen LogP contribution in [0, 0.1) is 0 Å². The van der Waals surface area contributed by atoms with Crippen molar-refractivity contribution in [3.63, 3.8) is 0 Å². The molecule has 0 saturated carbocycles. The zero-order valence-corrected chi connectivity index (χ0v) is 13.6. The van der Waals surface area contributed by atoms with E-state index in [0.717, 1.165) is 0 Å². The molecule has 0 aromatic carbocycles. The minimum atomic E-state index is -8.80. The monoisotopic (exact) mass is 520 g/mol. The molecule has 0 aliphatic rings. The van der Waals surface area contributed by atoms with Gasteiger partial charge < -0.3 is 5.11 Å². The second kappa shape index (κ2) is 6.99. The number of alkyl halides is 18. The fourth-order valence-corrected chi connectivity index (χ4v) is 3.01. The maximum atomic E-state index is 13.7. The molecular formula is C9H3F19OS. The molecule has 0 aromatic rings. The number of rotatable bonds is 7. The van der Waals surface area contributed by atoms with Crippen molar-refractivity contribution in [1.82, 2.24) is 0 Å². The molecule has 1 unspecified atom stereocenters. The number of hydrogen-bond donors (Lipinski definition) is 1. The van der Waals surface area contributed by atoms with E-state index in [9.17, 15) is 82.9 Å². The van der Waals surface area contributed by atoms with Gasteiger partial charge in [0.25, 0.3) is 0 Å². The van der Waals surface area contributed by atoms with Crippen LogP contribution >= 0.6 is 10.4 Å². The van der Waals surface area contributed by atoms with Gasteiger partial charge in [-0.2, -0.15) is 82.9 Å². The smallest absolute Gasteiger partial charge is 0.384 e. The van der Waals surface area contributed by atoms with Crippen LogP contribution in [0.5, 0.6) is 0 Å². The normalized spacial score (nSPS) is 19.5. The highest BCUT2D eigenvalue weighted by atomic mass is 32.3. The molecule has 0 amide bonds. The molecule has 184 valence electrons. The first kappa shape index (κ1) is 29.0. The van der Waals surface area contributed by atoms with Crippen LogP contribution in [-0.2, 0) is 0 Å². The molecule has 30 heavy (non-hydrogen) atoms. The van der Waals surface area contributed by atoms with Gasteiger partial charge in [-0.3, -0.25) is 0 Å². The Morgan fingerprint density at radius 1 is 0.433 bits per heavy atom. The Balaban J connectivity index is 6.98. The molecule has 0 aliphatic carbocycles. The maximum Gasteiger partial charge on any atom is 0.465 e. The highest BCUT2D eigenvalue weighted by Crippen LogP contribution is 2.79. The van der Waals surface area contributed by atoms with Gasteiger partial charge >= 0.3 is 46.6 Å². The summed E-state index contributed by atoms with van der Waals surface area (Å²) < 4.78 is 242. The first-order chi connectivity index (χ1) is 12.6. The van der Waals surface area contributed by atoms with Crippen LogP contribution < -0.4 is 0 Å². The van der Waals surface area contributed by atoms with E-state index in [1.54, 1.807) is 0 Å². The lowest BCUT2D eigenvalue weighted by Gasteiger charge is -2.47. The summed E-state index contributed by atoms with van der Waals surface area (Å²) in [5.41, 5.74) is 0. The van der Waals surface area contributed by atoms with Crippen molar-refractivity contribution in [3.05, 3.63) is 0 Å². The van der Waals surface area contributed by atoms with E-state index < -0.39 is 62.9 Å². The molecule has 0 aliphatic heterocycles. The summed E-state index contributed by atoms with van der Waals surface area (Å²) in [5.74, 6) is -38.6. The molecule has 21 heteroatoms. The van der Waals surface area contributed by atoms with Gasteiger partial charge in [-0.25, -0.2) is 0 Å². The average Bonchev–Trinajstić information content (AvgIpc) is 2.50. The first-order valence-electron chi connectivity index (χ1n) is 6.07. The third kappa shape index (κ3) is 3.33. The molecule has 0 heterocycles. The van der Waals surface area contributed by atoms with Crippen molar-refractivity contribution >= 4 is 10.4 Å². The molecule has 0 radical (unpaired) electrons. The van der Waals surface area contributed by atoms with Gasteiger partial charge in [0.1, 0.15) is 5.94 Å². The van der Waals surface area contributed by atoms with E-state index in [1.165, 1.54) is 0 Å². The van der Waals surface area contributed by atoms with Crippen LogP contribution in [0.25, 0.3) is 0 Å². The Morgan fingerprint density at radius 2 is 0.733 bits per heavy atom. The highest BCUT2D eigenvalue weighted by molar-refractivity contribution is 8.31. The van der Waals surface area contributed by atoms with Gasteiger partial charge in [0.05, 0.1) is 10.4 Å². The summed E-state index contributed by atoms with van der Waals surface area (Å²) in [7, 11) is -8.80. The van der Waals surface area contributed by atoms with Crippen molar-refractivity contribution in [1.29, 1.82) is 0 Å². The molecular weight excluding hydrogens is 517 g/mol. The average molecular weight is 520 g/mol. The molecule has 1 atom stereocenters. The van der Waals surface area contributed by atoms with Crippen LogP contribution in [0.4, 0.5) is 82.9 Å². The summed E-state index contributed by atoms with van der Waals surface area (Å²) in [6.45, 7) is 0. The van der Waals surface area contributed by atoms with Gasteiger partial charge in [-0.15, -0.1) is 0 Å². The highest BCUT2D eigenvalue weighted by Gasteiger charge is 2.95. The van der Waals surface area contributed by atoms with Gasteiger partial charge in [-0.05, 0) is 0 Å². The lowest BCUT2D eigenvalue weighted by Crippen LogP contribution is -2.71. The predicted octanol–water partition coefficient (Wildman–Crippen LogP) is 6.48. The fourth-order valence-electron chi connectivity index (χ4n) is 1.46. The topological polar surface area (TPSA) is 20.2 Å². The Kier molecular flexibility index (Phi) is 6.75. The minimum absolute atomic E-state index is 4.08. The lowest BCUT2D eigenvalue weighted by molar-refractivity contribution is -0.433. The third-order valence-electron chi connectivity index (χ3n) is 3.23. The number of halogens is 19. The lowest BCUT2D eigenvalue weighted by atomic mass is 9.98. The molecule has 0 spiro atoms. The van der Waals surface area contributed by atoms with Gasteiger partial charge in [-0.1, -0.05) is 0 Å². The van der Waals surface area contributed by atoms with E-state index in [2.05, 4.69) is 0 Å². The Morgan fingerprint density at radius 3 is 0.967 bits per heavy atom. The molecule has 0 fully saturated rings. The summed E-state index contributed by atoms with van der Waals surface area (Å²) in [6, 6.07) is 0. The van der Waals surface area contributed by atoms with Crippen LogP contribution in [0.3, 0.4) is 0 Å². The van der Waals surface area contributed by atoms with Crippen LogP contribution in [0.1, 0.15) is 0 Å². The van der Waals surface area contributed by atoms with Gasteiger partial charge in [0.15, 0.2) is 0 Å². The number of aliphatic hydroxyl groups excluding tert-OH is 1. The third-order valence-corrected chi connectivity index (χ3v) is 5.69. The quantitative estimate of drug-likeness (QED) is 0.382. The standard InChI is InChI=1S/C9H3F19OS/c10-2(11,4(14,15)6(18,19)20)3(12,13)5(16,17)8(24,25)30(28,1-29)9(26,27)7(21,22)23/h29H,1H2. The van der Waals surface area contributed by atoms with Gasteiger partial charge in [0, 0.05) is 0 Å². The van der Waals surface area contributed by atoms with Crippen molar-refractivity contribution < 1.29 is 88.0 Å². The zero-order valence-electron chi connectivity index (χ0n) is 12.7. The van der Waals surface area contributed by atoms with Crippen molar-refractivity contribution in [2.45, 2.75) is 46.6 Å².